The largest absolute Gasteiger partial charge is 0.342 e. The number of likely N-dealkylation sites (tertiary alicyclic amines) is 1. The summed E-state index contributed by atoms with van der Waals surface area (Å²) in [6.07, 6.45) is 8.84. The zero-order chi connectivity index (χ0) is 14.9. The maximum absolute atomic E-state index is 12.2. The lowest BCUT2D eigenvalue weighted by molar-refractivity contribution is -0.133. The molecular formula is C15H17N5O2. The van der Waals surface area contributed by atoms with Crippen LogP contribution in [0.25, 0.3) is 11.5 Å². The van der Waals surface area contributed by atoms with Crippen LogP contribution in [-0.4, -0.2) is 44.0 Å². The third kappa shape index (κ3) is 2.58. The zero-order valence-electron chi connectivity index (χ0n) is 12.2. The van der Waals surface area contributed by atoms with Gasteiger partial charge >= 0.3 is 0 Å². The summed E-state index contributed by atoms with van der Waals surface area (Å²) < 4.78 is 5.40. The van der Waals surface area contributed by atoms with Crippen LogP contribution in [0.3, 0.4) is 0 Å². The highest BCUT2D eigenvalue weighted by Gasteiger charge is 2.36. The molecule has 1 amide bonds. The van der Waals surface area contributed by atoms with Crippen molar-refractivity contribution in [2.24, 2.45) is 5.92 Å². The van der Waals surface area contributed by atoms with Crippen LogP contribution in [0.4, 0.5) is 0 Å². The Kier molecular flexibility index (Phi) is 3.32. The van der Waals surface area contributed by atoms with Gasteiger partial charge in [0.15, 0.2) is 0 Å². The predicted molar refractivity (Wildman–Crippen MR) is 76.6 cm³/mol. The Bertz CT molecular complexity index is 668. The molecule has 1 atom stereocenters. The minimum atomic E-state index is 0.120. The Morgan fingerprint density at radius 1 is 1.27 bits per heavy atom. The van der Waals surface area contributed by atoms with Crippen LogP contribution in [0.15, 0.2) is 23.1 Å². The van der Waals surface area contributed by atoms with E-state index in [1.165, 1.54) is 0 Å². The molecule has 0 radical (unpaired) electrons. The molecule has 4 rings (SSSR count). The molecule has 0 unspecified atom stereocenters. The Labute approximate surface area is 127 Å². The van der Waals surface area contributed by atoms with Crippen molar-refractivity contribution in [3.8, 4) is 11.5 Å². The van der Waals surface area contributed by atoms with E-state index in [0.29, 0.717) is 29.9 Å². The number of aromatic nitrogens is 4. The molecule has 22 heavy (non-hydrogen) atoms. The minimum absolute atomic E-state index is 0.120. The van der Waals surface area contributed by atoms with E-state index in [1.807, 2.05) is 4.90 Å². The van der Waals surface area contributed by atoms with Crippen molar-refractivity contribution in [1.82, 2.24) is 25.0 Å². The van der Waals surface area contributed by atoms with E-state index in [0.717, 1.165) is 32.2 Å². The fourth-order valence-corrected chi connectivity index (χ4v) is 2.89. The van der Waals surface area contributed by atoms with E-state index in [9.17, 15) is 4.79 Å². The summed E-state index contributed by atoms with van der Waals surface area (Å²) >= 11 is 0. The standard InChI is InChI=1S/C15H17N5O2/c21-15(10-3-4-10)20-7-1-2-11(9-20)14-18-13(19-22-14)12-8-16-5-6-17-12/h5-6,8,10-11H,1-4,7,9H2/t11-/m0/s1. The van der Waals surface area contributed by atoms with Crippen molar-refractivity contribution >= 4 is 5.91 Å². The minimum Gasteiger partial charge on any atom is -0.342 e. The van der Waals surface area contributed by atoms with Gasteiger partial charge in [-0.15, -0.1) is 0 Å². The molecular weight excluding hydrogens is 282 g/mol. The van der Waals surface area contributed by atoms with Crippen LogP contribution < -0.4 is 0 Å². The summed E-state index contributed by atoms with van der Waals surface area (Å²) in [5.41, 5.74) is 0.597. The van der Waals surface area contributed by atoms with Crippen LogP contribution in [0.5, 0.6) is 0 Å². The highest BCUT2D eigenvalue weighted by Crippen LogP contribution is 2.34. The molecule has 2 aromatic rings. The van der Waals surface area contributed by atoms with Crippen LogP contribution in [0, 0.1) is 5.92 Å². The number of hydrogen-bond donors (Lipinski definition) is 0. The summed E-state index contributed by atoms with van der Waals surface area (Å²) in [5, 5.41) is 3.99. The molecule has 7 heteroatoms. The third-order valence-electron chi connectivity index (χ3n) is 4.24. The Balaban J connectivity index is 1.49. The zero-order valence-corrected chi connectivity index (χ0v) is 12.2. The number of carbonyl (C=O) groups excluding carboxylic acids is 1. The van der Waals surface area contributed by atoms with Crippen molar-refractivity contribution in [1.29, 1.82) is 0 Å². The number of piperidine rings is 1. The van der Waals surface area contributed by atoms with Gasteiger partial charge in [0.2, 0.25) is 17.6 Å². The van der Waals surface area contributed by atoms with Gasteiger partial charge in [-0.1, -0.05) is 5.16 Å². The first-order chi connectivity index (χ1) is 10.8. The highest BCUT2D eigenvalue weighted by atomic mass is 16.5. The summed E-state index contributed by atoms with van der Waals surface area (Å²) in [6, 6.07) is 0. The molecule has 7 nitrogen and oxygen atoms in total. The average Bonchev–Trinajstić information content (AvgIpc) is 3.31. The second-order valence-corrected chi connectivity index (χ2v) is 5.94. The summed E-state index contributed by atoms with van der Waals surface area (Å²) in [7, 11) is 0. The van der Waals surface area contributed by atoms with E-state index < -0.39 is 0 Å². The van der Waals surface area contributed by atoms with Gasteiger partial charge in [0, 0.05) is 31.4 Å². The number of carbonyl (C=O) groups is 1. The number of hydrogen-bond acceptors (Lipinski definition) is 6. The molecule has 114 valence electrons. The number of nitrogens with zero attached hydrogens (tertiary/aromatic N) is 5. The molecule has 2 aliphatic rings. The van der Waals surface area contributed by atoms with Crippen molar-refractivity contribution < 1.29 is 9.32 Å². The third-order valence-corrected chi connectivity index (χ3v) is 4.24. The molecule has 0 aromatic carbocycles. The van der Waals surface area contributed by atoms with Crippen LogP contribution >= 0.6 is 0 Å². The summed E-state index contributed by atoms with van der Waals surface area (Å²) in [5.74, 6) is 1.71. The topological polar surface area (TPSA) is 85.0 Å². The Morgan fingerprint density at radius 2 is 2.18 bits per heavy atom. The maximum atomic E-state index is 12.2. The van der Waals surface area contributed by atoms with E-state index >= 15 is 0 Å². The van der Waals surface area contributed by atoms with Crippen LogP contribution in [0.1, 0.15) is 37.5 Å². The number of rotatable bonds is 3. The van der Waals surface area contributed by atoms with Crippen LogP contribution in [0.2, 0.25) is 0 Å². The van der Waals surface area contributed by atoms with E-state index in [4.69, 9.17) is 4.52 Å². The average molecular weight is 299 g/mol. The lowest BCUT2D eigenvalue weighted by atomic mass is 9.97. The molecule has 3 heterocycles. The molecule has 1 saturated carbocycles. The lowest BCUT2D eigenvalue weighted by Gasteiger charge is -2.31. The second kappa shape index (κ2) is 5.47. The summed E-state index contributed by atoms with van der Waals surface area (Å²) in [6.45, 7) is 1.52. The Morgan fingerprint density at radius 3 is 2.95 bits per heavy atom. The second-order valence-electron chi connectivity index (χ2n) is 5.94. The van der Waals surface area contributed by atoms with Crippen molar-refractivity contribution in [2.45, 2.75) is 31.6 Å². The molecule has 0 N–H and O–H groups in total. The smallest absolute Gasteiger partial charge is 0.231 e. The van der Waals surface area contributed by atoms with Crippen molar-refractivity contribution in [2.75, 3.05) is 13.1 Å². The Hall–Kier alpha value is -2.31. The first kappa shape index (κ1) is 13.4. The van der Waals surface area contributed by atoms with E-state index in [1.54, 1.807) is 18.6 Å². The fourth-order valence-electron chi connectivity index (χ4n) is 2.89. The predicted octanol–water partition coefficient (Wildman–Crippen LogP) is 1.64. The monoisotopic (exact) mass is 299 g/mol. The molecule has 2 fully saturated rings. The molecule has 0 bridgehead atoms. The van der Waals surface area contributed by atoms with Crippen molar-refractivity contribution in [3.63, 3.8) is 0 Å². The van der Waals surface area contributed by atoms with Crippen molar-refractivity contribution in [3.05, 3.63) is 24.5 Å². The van der Waals surface area contributed by atoms with Gasteiger partial charge in [-0.2, -0.15) is 4.98 Å². The van der Waals surface area contributed by atoms with Crippen LogP contribution in [-0.2, 0) is 4.79 Å². The van der Waals surface area contributed by atoms with E-state index in [2.05, 4.69) is 20.1 Å². The normalized spacial score (nSPS) is 21.8. The molecule has 1 aliphatic carbocycles. The van der Waals surface area contributed by atoms with Gasteiger partial charge in [0.1, 0.15) is 5.69 Å². The first-order valence-electron chi connectivity index (χ1n) is 7.70. The molecule has 2 aromatic heterocycles. The van der Waals surface area contributed by atoms with Gasteiger partial charge in [0.25, 0.3) is 0 Å². The molecule has 0 spiro atoms. The van der Waals surface area contributed by atoms with E-state index in [-0.39, 0.29) is 11.8 Å². The molecule has 1 saturated heterocycles. The SMILES string of the molecule is O=C(C1CC1)N1CCC[C@H](c2nc(-c3cnccn3)no2)C1. The van der Waals surface area contributed by atoms with Gasteiger partial charge in [0.05, 0.1) is 12.1 Å². The highest BCUT2D eigenvalue weighted by molar-refractivity contribution is 5.81. The summed E-state index contributed by atoms with van der Waals surface area (Å²) in [4.78, 5) is 26.8. The quantitative estimate of drug-likeness (QED) is 0.856. The van der Waals surface area contributed by atoms with Gasteiger partial charge in [-0.05, 0) is 25.7 Å². The number of amides is 1. The van der Waals surface area contributed by atoms with Gasteiger partial charge in [-0.3, -0.25) is 9.78 Å². The van der Waals surface area contributed by atoms with Gasteiger partial charge in [-0.25, -0.2) is 4.98 Å². The van der Waals surface area contributed by atoms with Gasteiger partial charge < -0.3 is 9.42 Å². The molecule has 1 aliphatic heterocycles. The maximum Gasteiger partial charge on any atom is 0.231 e. The fraction of sp³-hybridized carbons (Fsp3) is 0.533. The first-order valence-corrected chi connectivity index (χ1v) is 7.70. The lowest BCUT2D eigenvalue weighted by Crippen LogP contribution is -2.40.